The number of H-pyrrole nitrogens is 1. The Bertz CT molecular complexity index is 881. The summed E-state index contributed by atoms with van der Waals surface area (Å²) >= 11 is 0. The zero-order valence-electron chi connectivity index (χ0n) is 13.3. The van der Waals surface area contributed by atoms with Gasteiger partial charge in [-0.15, -0.1) is 0 Å². The fourth-order valence-corrected chi connectivity index (χ4v) is 3.09. The summed E-state index contributed by atoms with van der Waals surface area (Å²) in [5.41, 5.74) is 1.52. The number of hydrogen-bond donors (Lipinski definition) is 1. The molecule has 4 rings (SSSR count). The molecule has 24 heavy (non-hydrogen) atoms. The Balaban J connectivity index is 1.63. The number of aromatic nitrogens is 5. The van der Waals surface area contributed by atoms with Crippen molar-refractivity contribution in [2.45, 2.75) is 31.7 Å². The lowest BCUT2D eigenvalue weighted by Crippen LogP contribution is -2.21. The molecule has 0 bridgehead atoms. The van der Waals surface area contributed by atoms with Gasteiger partial charge in [0.25, 0.3) is 5.56 Å². The van der Waals surface area contributed by atoms with E-state index in [0.29, 0.717) is 23.3 Å². The third kappa shape index (κ3) is 2.94. The van der Waals surface area contributed by atoms with Gasteiger partial charge in [0.2, 0.25) is 0 Å². The highest BCUT2D eigenvalue weighted by Crippen LogP contribution is 2.23. The summed E-state index contributed by atoms with van der Waals surface area (Å²) in [6, 6.07) is 6.07. The first-order chi connectivity index (χ1) is 11.8. The highest BCUT2D eigenvalue weighted by molar-refractivity contribution is 5.73. The van der Waals surface area contributed by atoms with E-state index < -0.39 is 0 Å². The quantitative estimate of drug-likeness (QED) is 0.788. The van der Waals surface area contributed by atoms with Gasteiger partial charge < -0.3 is 9.72 Å². The van der Waals surface area contributed by atoms with Crippen molar-refractivity contribution < 1.29 is 4.74 Å². The maximum atomic E-state index is 12.3. The highest BCUT2D eigenvalue weighted by atomic mass is 16.5. The van der Waals surface area contributed by atoms with Crippen LogP contribution in [-0.4, -0.2) is 37.9 Å². The van der Waals surface area contributed by atoms with Crippen LogP contribution in [-0.2, 0) is 17.6 Å². The van der Waals surface area contributed by atoms with Gasteiger partial charge in [-0.1, -0.05) is 6.07 Å². The minimum absolute atomic E-state index is 0.130. The standard InChI is InChI=1S/C17H19N5O2/c23-17-14-11-19-22(13-6-9-24-10-7-13)16(14)20-15(21-17)5-4-12-3-1-2-8-18-12/h1-3,8,11,13H,4-7,9-10H2,(H,20,21,23). The molecule has 0 spiro atoms. The molecule has 124 valence electrons. The molecule has 1 aliphatic heterocycles. The van der Waals surface area contributed by atoms with Gasteiger partial charge >= 0.3 is 0 Å². The molecule has 7 heteroatoms. The molecule has 0 atom stereocenters. The second-order valence-corrected chi connectivity index (χ2v) is 6.00. The van der Waals surface area contributed by atoms with Crippen LogP contribution in [0.25, 0.3) is 11.0 Å². The molecule has 0 radical (unpaired) electrons. The summed E-state index contributed by atoms with van der Waals surface area (Å²) in [5, 5.41) is 4.95. The largest absolute Gasteiger partial charge is 0.381 e. The molecular weight excluding hydrogens is 306 g/mol. The number of rotatable bonds is 4. The van der Waals surface area contributed by atoms with Gasteiger partial charge in [-0.25, -0.2) is 9.67 Å². The Morgan fingerprint density at radius 3 is 2.92 bits per heavy atom. The molecule has 1 aliphatic rings. The van der Waals surface area contributed by atoms with E-state index in [-0.39, 0.29) is 11.6 Å². The lowest BCUT2D eigenvalue weighted by Gasteiger charge is -2.22. The van der Waals surface area contributed by atoms with E-state index in [1.54, 1.807) is 12.4 Å². The van der Waals surface area contributed by atoms with Crippen molar-refractivity contribution >= 4 is 11.0 Å². The van der Waals surface area contributed by atoms with Crippen LogP contribution in [0, 0.1) is 0 Å². The zero-order chi connectivity index (χ0) is 16.4. The van der Waals surface area contributed by atoms with Crippen LogP contribution < -0.4 is 5.56 Å². The third-order valence-corrected chi connectivity index (χ3v) is 4.39. The maximum absolute atomic E-state index is 12.3. The van der Waals surface area contributed by atoms with Gasteiger partial charge in [-0.2, -0.15) is 5.10 Å². The molecule has 7 nitrogen and oxygen atoms in total. The number of hydrogen-bond acceptors (Lipinski definition) is 5. The van der Waals surface area contributed by atoms with Crippen LogP contribution in [0.5, 0.6) is 0 Å². The van der Waals surface area contributed by atoms with Gasteiger partial charge in [0, 0.05) is 31.5 Å². The molecular formula is C17H19N5O2. The molecule has 0 saturated carbocycles. The van der Waals surface area contributed by atoms with Crippen molar-refractivity contribution in [3.05, 3.63) is 52.5 Å². The van der Waals surface area contributed by atoms with Crippen LogP contribution in [0.15, 0.2) is 35.4 Å². The molecule has 0 aromatic carbocycles. The summed E-state index contributed by atoms with van der Waals surface area (Å²) in [6.45, 7) is 1.45. The van der Waals surface area contributed by atoms with Crippen LogP contribution in [0.2, 0.25) is 0 Å². The van der Waals surface area contributed by atoms with E-state index in [1.807, 2.05) is 22.9 Å². The Morgan fingerprint density at radius 2 is 2.12 bits per heavy atom. The van der Waals surface area contributed by atoms with Crippen molar-refractivity contribution in [2.75, 3.05) is 13.2 Å². The Kier molecular flexibility index (Phi) is 4.08. The average Bonchev–Trinajstić information content (AvgIpc) is 3.06. The van der Waals surface area contributed by atoms with Crippen LogP contribution in [0.3, 0.4) is 0 Å². The third-order valence-electron chi connectivity index (χ3n) is 4.39. The fourth-order valence-electron chi connectivity index (χ4n) is 3.09. The number of pyridine rings is 1. The molecule has 0 amide bonds. The van der Waals surface area contributed by atoms with Gasteiger partial charge in [-0.05, 0) is 31.4 Å². The highest BCUT2D eigenvalue weighted by Gasteiger charge is 2.20. The molecule has 4 heterocycles. The lowest BCUT2D eigenvalue weighted by molar-refractivity contribution is 0.0673. The van der Waals surface area contributed by atoms with Gasteiger partial charge in [0.05, 0.1) is 12.2 Å². The van der Waals surface area contributed by atoms with E-state index in [1.165, 1.54) is 0 Å². The van der Waals surface area contributed by atoms with Crippen molar-refractivity contribution in [2.24, 2.45) is 0 Å². The summed E-state index contributed by atoms with van der Waals surface area (Å²) in [7, 11) is 0. The maximum Gasteiger partial charge on any atom is 0.262 e. The van der Waals surface area contributed by atoms with Crippen LogP contribution in [0.1, 0.15) is 30.4 Å². The summed E-state index contributed by atoms with van der Waals surface area (Å²) in [4.78, 5) is 24.2. The van der Waals surface area contributed by atoms with Gasteiger partial charge in [0.15, 0.2) is 5.65 Å². The fraction of sp³-hybridized carbons (Fsp3) is 0.412. The minimum Gasteiger partial charge on any atom is -0.381 e. The number of aromatic amines is 1. The second kappa shape index (κ2) is 6.52. The number of ether oxygens (including phenoxy) is 1. The summed E-state index contributed by atoms with van der Waals surface area (Å²) < 4.78 is 7.29. The summed E-state index contributed by atoms with van der Waals surface area (Å²) in [5.74, 6) is 0.673. The Labute approximate surface area is 138 Å². The minimum atomic E-state index is -0.130. The number of aryl methyl sites for hydroxylation is 2. The van der Waals surface area contributed by atoms with E-state index in [2.05, 4.69) is 20.1 Å². The van der Waals surface area contributed by atoms with Crippen molar-refractivity contribution in [1.29, 1.82) is 0 Å². The number of fused-ring (bicyclic) bond motifs is 1. The smallest absolute Gasteiger partial charge is 0.262 e. The molecule has 0 unspecified atom stereocenters. The molecule has 0 aliphatic carbocycles. The van der Waals surface area contributed by atoms with Gasteiger partial charge in [-0.3, -0.25) is 9.78 Å². The molecule has 1 N–H and O–H groups in total. The first-order valence-corrected chi connectivity index (χ1v) is 8.25. The summed E-state index contributed by atoms with van der Waals surface area (Å²) in [6.07, 6.45) is 6.55. The molecule has 1 fully saturated rings. The zero-order valence-corrected chi connectivity index (χ0v) is 13.3. The first-order valence-electron chi connectivity index (χ1n) is 8.25. The average molecular weight is 325 g/mol. The molecule has 3 aromatic heterocycles. The number of nitrogens with one attached hydrogen (secondary N) is 1. The Morgan fingerprint density at radius 1 is 1.25 bits per heavy atom. The molecule has 1 saturated heterocycles. The Hall–Kier alpha value is -2.54. The van der Waals surface area contributed by atoms with Crippen LogP contribution in [0.4, 0.5) is 0 Å². The molecule has 3 aromatic rings. The predicted molar refractivity (Wildman–Crippen MR) is 88.9 cm³/mol. The van der Waals surface area contributed by atoms with E-state index in [9.17, 15) is 4.79 Å². The van der Waals surface area contributed by atoms with Crippen molar-refractivity contribution in [1.82, 2.24) is 24.7 Å². The van der Waals surface area contributed by atoms with E-state index >= 15 is 0 Å². The lowest BCUT2D eigenvalue weighted by atomic mass is 10.1. The van der Waals surface area contributed by atoms with Crippen molar-refractivity contribution in [3.63, 3.8) is 0 Å². The number of nitrogens with zero attached hydrogens (tertiary/aromatic N) is 4. The monoisotopic (exact) mass is 325 g/mol. The van der Waals surface area contributed by atoms with Gasteiger partial charge in [0.1, 0.15) is 11.2 Å². The van der Waals surface area contributed by atoms with Crippen LogP contribution >= 0.6 is 0 Å². The van der Waals surface area contributed by atoms with E-state index in [4.69, 9.17) is 4.74 Å². The van der Waals surface area contributed by atoms with E-state index in [0.717, 1.165) is 38.2 Å². The van der Waals surface area contributed by atoms with Crippen molar-refractivity contribution in [3.8, 4) is 0 Å². The SMILES string of the molecule is O=c1[nH]c(CCc2ccccn2)nc2c1cnn2C1CCOCC1. The topological polar surface area (TPSA) is 85.7 Å². The normalized spacial score (nSPS) is 15.8. The predicted octanol–water partition coefficient (Wildman–Crippen LogP) is 1.65. The first kappa shape index (κ1) is 15.0. The second-order valence-electron chi connectivity index (χ2n) is 6.00.